The zero-order valence-corrected chi connectivity index (χ0v) is 13.9. The molecule has 3 aromatic rings. The van der Waals surface area contributed by atoms with Gasteiger partial charge < -0.3 is 4.90 Å². The molecule has 0 aliphatic rings. The third kappa shape index (κ3) is 4.21. The minimum absolute atomic E-state index is 0.0586. The van der Waals surface area contributed by atoms with Crippen molar-refractivity contribution in [2.24, 2.45) is 0 Å². The smallest absolute Gasteiger partial charge is 0.182 e. The second-order valence-corrected chi connectivity index (χ2v) is 5.90. The molecule has 24 heavy (non-hydrogen) atoms. The van der Waals surface area contributed by atoms with Crippen LogP contribution in [0.2, 0.25) is 5.02 Å². The van der Waals surface area contributed by atoms with Gasteiger partial charge in [-0.2, -0.15) is 0 Å². The number of halogens is 1. The summed E-state index contributed by atoms with van der Waals surface area (Å²) < 4.78 is 0. The van der Waals surface area contributed by atoms with Gasteiger partial charge in [0.1, 0.15) is 5.82 Å². The molecule has 4 heteroatoms. The van der Waals surface area contributed by atoms with Crippen LogP contribution in [0, 0.1) is 0 Å². The van der Waals surface area contributed by atoms with E-state index in [0.29, 0.717) is 17.1 Å². The zero-order valence-electron chi connectivity index (χ0n) is 13.1. The molecule has 0 unspecified atom stereocenters. The van der Waals surface area contributed by atoms with Crippen LogP contribution in [0.25, 0.3) is 0 Å². The van der Waals surface area contributed by atoms with Crippen molar-refractivity contribution in [3.63, 3.8) is 0 Å². The first kappa shape index (κ1) is 16.2. The Hall–Kier alpha value is -2.65. The number of aromatic nitrogens is 1. The minimum atomic E-state index is 0.0586. The maximum atomic E-state index is 12.6. The predicted octanol–water partition coefficient (Wildman–Crippen LogP) is 4.62. The molecule has 3 rings (SSSR count). The van der Waals surface area contributed by atoms with E-state index < -0.39 is 0 Å². The van der Waals surface area contributed by atoms with Gasteiger partial charge in [-0.05, 0) is 29.8 Å². The van der Waals surface area contributed by atoms with E-state index in [1.165, 1.54) is 0 Å². The van der Waals surface area contributed by atoms with Crippen molar-refractivity contribution in [2.75, 3.05) is 11.4 Å². The van der Waals surface area contributed by atoms with Crippen LogP contribution in [0.15, 0.2) is 79.0 Å². The Kier molecular flexibility index (Phi) is 5.24. The number of anilines is 1. The number of pyridine rings is 1. The van der Waals surface area contributed by atoms with E-state index in [2.05, 4.69) is 4.98 Å². The lowest BCUT2D eigenvalue weighted by atomic mass is 10.1. The maximum Gasteiger partial charge on any atom is 0.182 e. The highest BCUT2D eigenvalue weighted by Gasteiger charge is 2.14. The second-order valence-electron chi connectivity index (χ2n) is 5.46. The number of carbonyl (C=O) groups excluding carboxylic acids is 1. The molecule has 0 aliphatic carbocycles. The number of carbonyl (C=O) groups is 1. The van der Waals surface area contributed by atoms with E-state index in [1.54, 1.807) is 6.20 Å². The fourth-order valence-electron chi connectivity index (χ4n) is 2.50. The van der Waals surface area contributed by atoms with E-state index >= 15 is 0 Å². The topological polar surface area (TPSA) is 33.2 Å². The Labute approximate surface area is 146 Å². The fraction of sp³-hybridized carbons (Fsp3) is 0.100. The molecule has 0 saturated heterocycles. The maximum absolute atomic E-state index is 12.6. The van der Waals surface area contributed by atoms with E-state index in [9.17, 15) is 4.79 Å². The van der Waals surface area contributed by atoms with Crippen molar-refractivity contribution < 1.29 is 4.79 Å². The molecule has 0 bridgehead atoms. The summed E-state index contributed by atoms with van der Waals surface area (Å²) in [5.41, 5.74) is 1.73. The molecule has 3 nitrogen and oxygen atoms in total. The van der Waals surface area contributed by atoms with Crippen molar-refractivity contribution in [3.8, 4) is 0 Å². The third-order valence-electron chi connectivity index (χ3n) is 3.67. The Morgan fingerprint density at radius 3 is 2.46 bits per heavy atom. The Morgan fingerprint density at radius 2 is 1.75 bits per heavy atom. The van der Waals surface area contributed by atoms with Gasteiger partial charge in [0, 0.05) is 23.3 Å². The van der Waals surface area contributed by atoms with Gasteiger partial charge in [-0.1, -0.05) is 60.1 Å². The van der Waals surface area contributed by atoms with E-state index in [1.807, 2.05) is 77.7 Å². The molecule has 0 atom stereocenters. The highest BCUT2D eigenvalue weighted by atomic mass is 35.5. The molecule has 0 aliphatic heterocycles. The second kappa shape index (κ2) is 7.75. The van der Waals surface area contributed by atoms with Crippen molar-refractivity contribution in [3.05, 3.63) is 95.1 Å². The lowest BCUT2D eigenvalue weighted by Gasteiger charge is -2.23. The summed E-state index contributed by atoms with van der Waals surface area (Å²) in [5, 5.41) is 0.683. The summed E-state index contributed by atoms with van der Waals surface area (Å²) in [5.74, 6) is 0.824. The van der Waals surface area contributed by atoms with E-state index in [4.69, 9.17) is 11.6 Å². The van der Waals surface area contributed by atoms with Crippen LogP contribution >= 0.6 is 11.6 Å². The Balaban J connectivity index is 1.84. The lowest BCUT2D eigenvalue weighted by Crippen LogP contribution is -2.30. The number of ketones is 1. The Bertz CT molecular complexity index is 806. The fourth-order valence-corrected chi connectivity index (χ4v) is 2.72. The largest absolute Gasteiger partial charge is 0.345 e. The first-order valence-electron chi connectivity index (χ1n) is 7.71. The van der Waals surface area contributed by atoms with Gasteiger partial charge in [0.15, 0.2) is 5.78 Å². The first-order valence-corrected chi connectivity index (χ1v) is 8.09. The average molecular weight is 337 g/mol. The molecular weight excluding hydrogens is 320 g/mol. The summed E-state index contributed by atoms with van der Waals surface area (Å²) in [6.45, 7) is 0.823. The molecule has 1 heterocycles. The van der Waals surface area contributed by atoms with Crippen LogP contribution in [-0.2, 0) is 6.54 Å². The number of hydrogen-bond acceptors (Lipinski definition) is 3. The van der Waals surface area contributed by atoms with Gasteiger partial charge in [-0.3, -0.25) is 4.79 Å². The van der Waals surface area contributed by atoms with Crippen LogP contribution < -0.4 is 4.90 Å². The summed E-state index contributed by atoms with van der Waals surface area (Å²) in [6.07, 6.45) is 1.73. The molecule has 0 N–H and O–H groups in total. The molecule has 120 valence electrons. The number of benzene rings is 2. The van der Waals surface area contributed by atoms with Crippen LogP contribution in [0.3, 0.4) is 0 Å². The van der Waals surface area contributed by atoms with Crippen molar-refractivity contribution in [2.45, 2.75) is 6.54 Å². The standard InChI is InChI=1S/C20H17ClN2O/c21-18-10-6-7-16(13-18)14-23(20-11-4-5-12-22-20)15-19(24)17-8-2-1-3-9-17/h1-13H,14-15H2. The van der Waals surface area contributed by atoms with Gasteiger partial charge >= 0.3 is 0 Å². The zero-order chi connectivity index (χ0) is 16.8. The monoisotopic (exact) mass is 336 g/mol. The van der Waals surface area contributed by atoms with Crippen LogP contribution in [0.1, 0.15) is 15.9 Å². The van der Waals surface area contributed by atoms with Crippen LogP contribution in [0.4, 0.5) is 5.82 Å². The molecule has 0 saturated carbocycles. The van der Waals surface area contributed by atoms with Gasteiger partial charge in [-0.25, -0.2) is 4.98 Å². The highest BCUT2D eigenvalue weighted by molar-refractivity contribution is 6.30. The van der Waals surface area contributed by atoms with Crippen molar-refractivity contribution in [1.82, 2.24) is 4.98 Å². The average Bonchev–Trinajstić information content (AvgIpc) is 2.63. The molecule has 1 aromatic heterocycles. The minimum Gasteiger partial charge on any atom is -0.345 e. The van der Waals surface area contributed by atoms with Crippen LogP contribution in [0.5, 0.6) is 0 Å². The Morgan fingerprint density at radius 1 is 0.958 bits per heavy atom. The van der Waals surface area contributed by atoms with Gasteiger partial charge in [0.25, 0.3) is 0 Å². The van der Waals surface area contributed by atoms with E-state index in [-0.39, 0.29) is 12.3 Å². The number of rotatable bonds is 6. The summed E-state index contributed by atoms with van der Waals surface area (Å²) >= 11 is 6.07. The van der Waals surface area contributed by atoms with Gasteiger partial charge in [0.2, 0.25) is 0 Å². The molecular formula is C20H17ClN2O. The number of Topliss-reactive ketones (excluding diaryl/α,β-unsaturated/α-hetero) is 1. The summed E-state index contributed by atoms with van der Waals surface area (Å²) in [7, 11) is 0. The predicted molar refractivity (Wildman–Crippen MR) is 97.5 cm³/mol. The quantitative estimate of drug-likeness (QED) is 0.615. The van der Waals surface area contributed by atoms with Gasteiger partial charge in [0.05, 0.1) is 6.54 Å². The normalized spacial score (nSPS) is 10.4. The number of hydrogen-bond donors (Lipinski definition) is 0. The summed E-state index contributed by atoms with van der Waals surface area (Å²) in [4.78, 5) is 18.9. The molecule has 0 fully saturated rings. The summed E-state index contributed by atoms with van der Waals surface area (Å²) in [6, 6.07) is 22.6. The van der Waals surface area contributed by atoms with Gasteiger partial charge in [-0.15, -0.1) is 0 Å². The van der Waals surface area contributed by atoms with Crippen LogP contribution in [-0.4, -0.2) is 17.3 Å². The van der Waals surface area contributed by atoms with Crippen molar-refractivity contribution in [1.29, 1.82) is 0 Å². The molecule has 2 aromatic carbocycles. The highest BCUT2D eigenvalue weighted by Crippen LogP contribution is 2.17. The number of nitrogens with zero attached hydrogens (tertiary/aromatic N) is 2. The molecule has 0 radical (unpaired) electrons. The lowest BCUT2D eigenvalue weighted by molar-refractivity contribution is 0.0998. The third-order valence-corrected chi connectivity index (χ3v) is 3.90. The first-order chi connectivity index (χ1) is 11.7. The van der Waals surface area contributed by atoms with Crippen molar-refractivity contribution >= 4 is 23.2 Å². The SMILES string of the molecule is O=C(CN(Cc1cccc(Cl)c1)c1ccccn1)c1ccccc1. The molecule has 0 amide bonds. The molecule has 0 spiro atoms. The van der Waals surface area contributed by atoms with E-state index in [0.717, 1.165) is 11.4 Å².